The molecular weight excluding hydrogens is 298 g/mol. The van der Waals surface area contributed by atoms with E-state index >= 15 is 0 Å². The summed E-state index contributed by atoms with van der Waals surface area (Å²) in [6.07, 6.45) is 1.67. The molecule has 0 aliphatic carbocycles. The Morgan fingerprint density at radius 1 is 1.43 bits per heavy atom. The summed E-state index contributed by atoms with van der Waals surface area (Å²) in [4.78, 5) is 24.6. The molecular formula is C16H15N3O4. The highest BCUT2D eigenvalue weighted by molar-refractivity contribution is 5.95. The van der Waals surface area contributed by atoms with Crippen molar-refractivity contribution >= 4 is 11.6 Å². The Hall–Kier alpha value is -3.14. The first kappa shape index (κ1) is 16.2. The number of nitro benzene ring substituents is 1. The lowest BCUT2D eigenvalue weighted by Crippen LogP contribution is -2.31. The molecule has 0 atom stereocenters. The van der Waals surface area contributed by atoms with E-state index in [-0.39, 0.29) is 36.7 Å². The van der Waals surface area contributed by atoms with Crippen molar-refractivity contribution in [2.75, 3.05) is 6.54 Å². The summed E-state index contributed by atoms with van der Waals surface area (Å²) in [5.74, 6) is 0.206. The van der Waals surface area contributed by atoms with Crippen molar-refractivity contribution in [1.29, 1.82) is 5.26 Å². The van der Waals surface area contributed by atoms with Gasteiger partial charge in [0, 0.05) is 23.7 Å². The highest BCUT2D eigenvalue weighted by Crippen LogP contribution is 2.21. The highest BCUT2D eigenvalue weighted by atomic mass is 16.6. The summed E-state index contributed by atoms with van der Waals surface area (Å²) >= 11 is 0. The number of rotatable bonds is 6. The topological polar surface area (TPSA) is 100 Å². The third-order valence-electron chi connectivity index (χ3n) is 3.36. The SMILES string of the molecule is Cc1ccc(C(=O)N(CCC#N)Cc2ccco2)cc1[N+](=O)[O-]. The van der Waals surface area contributed by atoms with E-state index in [2.05, 4.69) is 0 Å². The zero-order valence-electron chi connectivity index (χ0n) is 12.6. The number of nitriles is 1. The number of nitrogens with zero attached hydrogens (tertiary/aromatic N) is 3. The minimum Gasteiger partial charge on any atom is -0.467 e. The number of nitro groups is 1. The fourth-order valence-electron chi connectivity index (χ4n) is 2.15. The number of aryl methyl sites for hydroxylation is 1. The van der Waals surface area contributed by atoms with Gasteiger partial charge in [-0.1, -0.05) is 6.07 Å². The van der Waals surface area contributed by atoms with E-state index < -0.39 is 4.92 Å². The average molecular weight is 313 g/mol. The molecule has 0 aliphatic rings. The van der Waals surface area contributed by atoms with Gasteiger partial charge in [-0.25, -0.2) is 0 Å². The van der Waals surface area contributed by atoms with Gasteiger partial charge in [-0.15, -0.1) is 0 Å². The molecule has 0 unspecified atom stereocenters. The standard InChI is InChI=1S/C16H15N3O4/c1-12-5-6-13(10-15(12)19(21)22)16(20)18(8-3-7-17)11-14-4-2-9-23-14/h2,4-6,9-10H,3,8,11H2,1H3. The van der Waals surface area contributed by atoms with Crippen molar-refractivity contribution in [2.45, 2.75) is 19.9 Å². The van der Waals surface area contributed by atoms with Gasteiger partial charge in [0.05, 0.1) is 30.2 Å². The van der Waals surface area contributed by atoms with Gasteiger partial charge >= 0.3 is 0 Å². The normalized spacial score (nSPS) is 10.1. The molecule has 7 nitrogen and oxygen atoms in total. The van der Waals surface area contributed by atoms with Crippen molar-refractivity contribution in [3.63, 3.8) is 0 Å². The van der Waals surface area contributed by atoms with E-state index in [1.807, 2.05) is 6.07 Å². The summed E-state index contributed by atoms with van der Waals surface area (Å²) in [7, 11) is 0. The van der Waals surface area contributed by atoms with Crippen molar-refractivity contribution in [3.05, 3.63) is 63.6 Å². The number of amides is 1. The maximum atomic E-state index is 12.6. The molecule has 1 aromatic heterocycles. The lowest BCUT2D eigenvalue weighted by atomic mass is 10.1. The summed E-state index contributed by atoms with van der Waals surface area (Å²) in [6, 6.07) is 9.78. The van der Waals surface area contributed by atoms with Gasteiger partial charge in [0.15, 0.2) is 0 Å². The highest BCUT2D eigenvalue weighted by Gasteiger charge is 2.20. The van der Waals surface area contributed by atoms with Crippen LogP contribution in [0.4, 0.5) is 5.69 Å². The summed E-state index contributed by atoms with van der Waals surface area (Å²) in [6.45, 7) is 2.04. The van der Waals surface area contributed by atoms with Crippen LogP contribution in [0.1, 0.15) is 28.1 Å². The molecule has 2 rings (SSSR count). The summed E-state index contributed by atoms with van der Waals surface area (Å²) in [5, 5.41) is 19.8. The van der Waals surface area contributed by atoms with E-state index in [1.54, 1.807) is 31.2 Å². The lowest BCUT2D eigenvalue weighted by Gasteiger charge is -2.20. The van der Waals surface area contributed by atoms with Crippen LogP contribution >= 0.6 is 0 Å². The van der Waals surface area contributed by atoms with E-state index in [1.165, 1.54) is 17.2 Å². The Balaban J connectivity index is 2.27. The summed E-state index contributed by atoms with van der Waals surface area (Å²) in [5.41, 5.74) is 0.599. The van der Waals surface area contributed by atoms with E-state index in [0.29, 0.717) is 11.3 Å². The van der Waals surface area contributed by atoms with E-state index in [0.717, 1.165) is 0 Å². The third-order valence-corrected chi connectivity index (χ3v) is 3.36. The Labute approximate surface area is 132 Å². The van der Waals surface area contributed by atoms with Gasteiger partial charge in [0.2, 0.25) is 0 Å². The molecule has 0 bridgehead atoms. The van der Waals surface area contributed by atoms with Crippen LogP contribution in [0.2, 0.25) is 0 Å². The van der Waals surface area contributed by atoms with Crippen LogP contribution in [0.3, 0.4) is 0 Å². The first-order chi connectivity index (χ1) is 11.0. The fraction of sp³-hybridized carbons (Fsp3) is 0.250. The molecule has 7 heteroatoms. The predicted octanol–water partition coefficient (Wildman–Crippen LogP) is 3.05. The zero-order valence-corrected chi connectivity index (χ0v) is 12.6. The fourth-order valence-corrected chi connectivity index (χ4v) is 2.15. The van der Waals surface area contributed by atoms with Crippen LogP contribution in [-0.2, 0) is 6.54 Å². The van der Waals surface area contributed by atoms with Crippen LogP contribution in [0.15, 0.2) is 41.0 Å². The Kier molecular flexibility index (Phi) is 5.10. The quantitative estimate of drug-likeness (QED) is 0.602. The second-order valence-corrected chi connectivity index (χ2v) is 4.97. The monoisotopic (exact) mass is 313 g/mol. The molecule has 2 aromatic rings. The second kappa shape index (κ2) is 7.22. The molecule has 1 aromatic carbocycles. The molecule has 0 aliphatic heterocycles. The third kappa shape index (κ3) is 3.95. The van der Waals surface area contributed by atoms with Crippen molar-refractivity contribution < 1.29 is 14.1 Å². The van der Waals surface area contributed by atoms with Crippen molar-refractivity contribution in [2.24, 2.45) is 0 Å². The van der Waals surface area contributed by atoms with Gasteiger partial charge < -0.3 is 9.32 Å². The number of hydrogen-bond acceptors (Lipinski definition) is 5. The number of benzene rings is 1. The molecule has 0 saturated heterocycles. The smallest absolute Gasteiger partial charge is 0.273 e. The average Bonchev–Trinajstić information content (AvgIpc) is 3.04. The van der Waals surface area contributed by atoms with E-state index in [9.17, 15) is 14.9 Å². The molecule has 0 fully saturated rings. The molecule has 0 radical (unpaired) electrons. The molecule has 118 valence electrons. The Morgan fingerprint density at radius 3 is 2.83 bits per heavy atom. The maximum Gasteiger partial charge on any atom is 0.273 e. The van der Waals surface area contributed by atoms with Gasteiger partial charge in [-0.2, -0.15) is 5.26 Å². The van der Waals surface area contributed by atoms with Gasteiger partial charge in [0.1, 0.15) is 5.76 Å². The second-order valence-electron chi connectivity index (χ2n) is 4.97. The zero-order chi connectivity index (χ0) is 16.8. The number of carbonyl (C=O) groups is 1. The molecule has 1 amide bonds. The summed E-state index contributed by atoms with van der Waals surface area (Å²) < 4.78 is 5.23. The van der Waals surface area contributed by atoms with Gasteiger partial charge in [-0.3, -0.25) is 14.9 Å². The van der Waals surface area contributed by atoms with Crippen LogP contribution in [0.5, 0.6) is 0 Å². The minimum atomic E-state index is -0.516. The van der Waals surface area contributed by atoms with Crippen LogP contribution < -0.4 is 0 Å². The molecule has 0 saturated carbocycles. The molecule has 0 spiro atoms. The van der Waals surface area contributed by atoms with Crippen molar-refractivity contribution in [1.82, 2.24) is 4.90 Å². The minimum absolute atomic E-state index is 0.103. The van der Waals surface area contributed by atoms with E-state index in [4.69, 9.17) is 9.68 Å². The van der Waals surface area contributed by atoms with Gasteiger partial charge in [-0.05, 0) is 25.1 Å². The molecule has 0 N–H and O–H groups in total. The van der Waals surface area contributed by atoms with Gasteiger partial charge in [0.25, 0.3) is 11.6 Å². The maximum absolute atomic E-state index is 12.6. The largest absolute Gasteiger partial charge is 0.467 e. The van der Waals surface area contributed by atoms with Crippen LogP contribution in [-0.4, -0.2) is 22.3 Å². The first-order valence-corrected chi connectivity index (χ1v) is 6.96. The molecule has 23 heavy (non-hydrogen) atoms. The van der Waals surface area contributed by atoms with Crippen molar-refractivity contribution in [3.8, 4) is 6.07 Å². The van der Waals surface area contributed by atoms with Crippen LogP contribution in [0, 0.1) is 28.4 Å². The predicted molar refractivity (Wildman–Crippen MR) is 81.5 cm³/mol. The molecule has 1 heterocycles. The lowest BCUT2D eigenvalue weighted by molar-refractivity contribution is -0.385. The Morgan fingerprint density at radius 2 is 2.22 bits per heavy atom. The number of hydrogen-bond donors (Lipinski definition) is 0. The number of furan rings is 1. The number of carbonyl (C=O) groups excluding carboxylic acids is 1. The van der Waals surface area contributed by atoms with Crippen LogP contribution in [0.25, 0.3) is 0 Å². The first-order valence-electron chi connectivity index (χ1n) is 6.96. The Bertz CT molecular complexity index is 747.